The van der Waals surface area contributed by atoms with Crippen molar-refractivity contribution < 1.29 is 24.2 Å². The maximum absolute atomic E-state index is 12.3. The van der Waals surface area contributed by atoms with Gasteiger partial charge in [0.25, 0.3) is 5.91 Å². The van der Waals surface area contributed by atoms with Crippen LogP contribution in [0.1, 0.15) is 23.7 Å². The monoisotopic (exact) mass is 359 g/mol. The summed E-state index contributed by atoms with van der Waals surface area (Å²) in [4.78, 5) is 24.2. The van der Waals surface area contributed by atoms with E-state index in [0.29, 0.717) is 28.1 Å². The van der Waals surface area contributed by atoms with Gasteiger partial charge in [-0.05, 0) is 35.0 Å². The van der Waals surface area contributed by atoms with Gasteiger partial charge in [0.05, 0.1) is 24.6 Å². The van der Waals surface area contributed by atoms with E-state index in [0.717, 1.165) is 0 Å². The van der Waals surface area contributed by atoms with Crippen molar-refractivity contribution in [3.63, 3.8) is 0 Å². The molecular weight excluding hydrogens is 342 g/mol. The first-order valence-corrected chi connectivity index (χ1v) is 7.17. The molecule has 1 aromatic carbocycles. The second-order valence-corrected chi connectivity index (χ2v) is 5.15. The molecule has 0 spiro atoms. The van der Waals surface area contributed by atoms with E-state index >= 15 is 0 Å². The summed E-state index contributed by atoms with van der Waals surface area (Å²) in [6, 6.07) is 3.21. The van der Waals surface area contributed by atoms with Gasteiger partial charge in [0.2, 0.25) is 0 Å². The normalized spacial score (nSPS) is 10.1. The van der Waals surface area contributed by atoms with Crippen LogP contribution in [0.25, 0.3) is 0 Å². The van der Waals surface area contributed by atoms with Crippen LogP contribution in [0.2, 0.25) is 0 Å². The molecule has 0 saturated carbocycles. The van der Waals surface area contributed by atoms with Gasteiger partial charge in [-0.2, -0.15) is 0 Å². The highest BCUT2D eigenvalue weighted by Gasteiger charge is 2.18. The van der Waals surface area contributed by atoms with Crippen LogP contribution in [0, 0.1) is 0 Å². The summed E-state index contributed by atoms with van der Waals surface area (Å²) in [7, 11) is 3.05. The maximum Gasteiger partial charge on any atom is 0.305 e. The molecule has 0 fully saturated rings. The highest BCUT2D eigenvalue weighted by Crippen LogP contribution is 2.36. The summed E-state index contributed by atoms with van der Waals surface area (Å²) in [5, 5.41) is 8.65. The molecule has 1 N–H and O–H groups in total. The molecule has 1 rings (SSSR count). The molecule has 1 aromatic rings. The molecule has 0 radical (unpaired) electrons. The molecule has 0 bridgehead atoms. The molecule has 0 aliphatic rings. The molecule has 0 heterocycles. The summed E-state index contributed by atoms with van der Waals surface area (Å²) < 4.78 is 11.3. The third-order valence-electron chi connectivity index (χ3n) is 2.77. The Hall–Kier alpha value is -1.76. The van der Waals surface area contributed by atoms with Gasteiger partial charge in [0.1, 0.15) is 0 Å². The summed E-state index contributed by atoms with van der Waals surface area (Å²) in [5.74, 6) is -0.246. The predicted molar refractivity (Wildman–Crippen MR) is 81.1 cm³/mol. The average molecular weight is 360 g/mol. The summed E-state index contributed by atoms with van der Waals surface area (Å²) in [6.07, 6.45) is -0.0996. The average Bonchev–Trinajstić information content (AvgIpc) is 2.45. The third-order valence-corrected chi connectivity index (χ3v) is 3.36. The molecule has 0 aromatic heterocycles. The van der Waals surface area contributed by atoms with Gasteiger partial charge < -0.3 is 19.5 Å². The van der Waals surface area contributed by atoms with Gasteiger partial charge in [0.15, 0.2) is 11.5 Å². The summed E-state index contributed by atoms with van der Waals surface area (Å²) in [5.41, 5.74) is 0.398. The lowest BCUT2D eigenvalue weighted by molar-refractivity contribution is -0.137. The van der Waals surface area contributed by atoms with Gasteiger partial charge in [-0.1, -0.05) is 0 Å². The number of carboxylic acids is 1. The number of methoxy groups -OCH3 is 1. The van der Waals surface area contributed by atoms with E-state index in [1.54, 1.807) is 19.2 Å². The van der Waals surface area contributed by atoms with E-state index in [9.17, 15) is 9.59 Å². The van der Waals surface area contributed by atoms with Gasteiger partial charge in [0, 0.05) is 19.2 Å². The van der Waals surface area contributed by atoms with E-state index in [1.807, 2.05) is 6.92 Å². The predicted octanol–water partition coefficient (Wildman–Crippen LogP) is 2.40. The lowest BCUT2D eigenvalue weighted by Crippen LogP contribution is -2.29. The van der Waals surface area contributed by atoms with Crippen LogP contribution in [-0.4, -0.2) is 49.2 Å². The van der Waals surface area contributed by atoms with Crippen molar-refractivity contribution >= 4 is 27.8 Å². The molecule has 0 atom stereocenters. The molecule has 0 saturated heterocycles. The fraction of sp³-hybridized carbons (Fsp3) is 0.429. The van der Waals surface area contributed by atoms with E-state index in [2.05, 4.69) is 15.9 Å². The fourth-order valence-electron chi connectivity index (χ4n) is 1.71. The van der Waals surface area contributed by atoms with Gasteiger partial charge in [-0.15, -0.1) is 0 Å². The number of benzene rings is 1. The van der Waals surface area contributed by atoms with Crippen molar-refractivity contribution in [2.45, 2.75) is 13.3 Å². The largest absolute Gasteiger partial charge is 0.493 e. The van der Waals surface area contributed by atoms with E-state index < -0.39 is 5.97 Å². The number of nitrogens with zero attached hydrogens (tertiary/aromatic N) is 1. The lowest BCUT2D eigenvalue weighted by Gasteiger charge is -2.18. The number of ether oxygens (including phenoxy) is 2. The zero-order chi connectivity index (χ0) is 16.0. The molecular formula is C14H18BrNO5. The Morgan fingerprint density at radius 2 is 2.05 bits per heavy atom. The Labute approximate surface area is 131 Å². The topological polar surface area (TPSA) is 76.1 Å². The van der Waals surface area contributed by atoms with Crippen molar-refractivity contribution in [1.29, 1.82) is 0 Å². The van der Waals surface area contributed by atoms with Crippen LogP contribution in [0.3, 0.4) is 0 Å². The van der Waals surface area contributed by atoms with Crippen LogP contribution >= 0.6 is 15.9 Å². The highest BCUT2D eigenvalue weighted by molar-refractivity contribution is 9.10. The van der Waals surface area contributed by atoms with E-state index in [4.69, 9.17) is 14.6 Å². The quantitative estimate of drug-likeness (QED) is 0.808. The molecule has 1 amide bonds. The molecule has 0 aliphatic heterocycles. The SMILES string of the molecule is CCOc1c(Br)cc(C(=O)N(C)CCC(=O)O)cc1OC. The van der Waals surface area contributed by atoms with Crippen LogP contribution in [-0.2, 0) is 4.79 Å². The molecule has 7 heteroatoms. The Kier molecular flexibility index (Phi) is 6.48. The minimum atomic E-state index is -0.944. The van der Waals surface area contributed by atoms with E-state index in [1.165, 1.54) is 12.0 Å². The zero-order valence-corrected chi connectivity index (χ0v) is 13.8. The smallest absolute Gasteiger partial charge is 0.305 e. The number of hydrogen-bond donors (Lipinski definition) is 1. The zero-order valence-electron chi connectivity index (χ0n) is 12.2. The second kappa shape index (κ2) is 7.87. The fourth-order valence-corrected chi connectivity index (χ4v) is 2.27. The summed E-state index contributed by atoms with van der Waals surface area (Å²) >= 11 is 3.35. The molecule has 116 valence electrons. The lowest BCUT2D eigenvalue weighted by atomic mass is 10.1. The number of halogens is 1. The first-order valence-electron chi connectivity index (χ1n) is 6.38. The van der Waals surface area contributed by atoms with Crippen molar-refractivity contribution in [2.24, 2.45) is 0 Å². The van der Waals surface area contributed by atoms with Crippen LogP contribution in [0.5, 0.6) is 11.5 Å². The second-order valence-electron chi connectivity index (χ2n) is 4.29. The minimum absolute atomic E-state index is 0.0996. The van der Waals surface area contributed by atoms with Crippen molar-refractivity contribution in [1.82, 2.24) is 4.90 Å². The molecule has 0 unspecified atom stereocenters. The number of hydrogen-bond acceptors (Lipinski definition) is 4. The third kappa shape index (κ3) is 4.63. The van der Waals surface area contributed by atoms with E-state index in [-0.39, 0.29) is 18.9 Å². The van der Waals surface area contributed by atoms with Gasteiger partial charge in [-0.3, -0.25) is 9.59 Å². The van der Waals surface area contributed by atoms with Gasteiger partial charge >= 0.3 is 5.97 Å². The van der Waals surface area contributed by atoms with Crippen LogP contribution < -0.4 is 9.47 Å². The standard InChI is InChI=1S/C14H18BrNO5/c1-4-21-13-10(15)7-9(8-11(13)20-3)14(19)16(2)6-5-12(17)18/h7-8H,4-6H2,1-3H3,(H,17,18). The number of rotatable bonds is 7. The number of carboxylic acid groups (broad SMARTS) is 1. The van der Waals surface area contributed by atoms with Crippen molar-refractivity contribution in [3.8, 4) is 11.5 Å². The number of carbonyl (C=O) groups excluding carboxylic acids is 1. The molecule has 21 heavy (non-hydrogen) atoms. The highest BCUT2D eigenvalue weighted by atomic mass is 79.9. The first-order chi connectivity index (χ1) is 9.90. The Balaban J connectivity index is 3.00. The summed E-state index contributed by atoms with van der Waals surface area (Å²) in [6.45, 7) is 2.46. The maximum atomic E-state index is 12.3. The van der Waals surface area contributed by atoms with Gasteiger partial charge in [-0.25, -0.2) is 0 Å². The molecule has 6 nitrogen and oxygen atoms in total. The minimum Gasteiger partial charge on any atom is -0.493 e. The van der Waals surface area contributed by atoms with Crippen LogP contribution in [0.15, 0.2) is 16.6 Å². The first kappa shape index (κ1) is 17.3. The Bertz CT molecular complexity index is 532. The number of aliphatic carboxylic acids is 1. The molecule has 0 aliphatic carbocycles. The Morgan fingerprint density at radius 3 is 2.57 bits per heavy atom. The number of amides is 1. The number of carbonyl (C=O) groups is 2. The van der Waals surface area contributed by atoms with Crippen molar-refractivity contribution in [2.75, 3.05) is 27.3 Å². The van der Waals surface area contributed by atoms with Crippen molar-refractivity contribution in [3.05, 3.63) is 22.2 Å². The van der Waals surface area contributed by atoms with Crippen LogP contribution in [0.4, 0.5) is 0 Å². The Morgan fingerprint density at radius 1 is 1.38 bits per heavy atom.